The first-order chi connectivity index (χ1) is 16.9. The van der Waals surface area contributed by atoms with Crippen LogP contribution in [0.15, 0.2) is 42.7 Å². The summed E-state index contributed by atoms with van der Waals surface area (Å²) in [5, 5.41) is 9.29. The number of aromatic nitrogens is 4. The van der Waals surface area contributed by atoms with Gasteiger partial charge in [0.05, 0.1) is 17.4 Å². The van der Waals surface area contributed by atoms with Crippen LogP contribution in [0.4, 0.5) is 17.3 Å². The second kappa shape index (κ2) is 11.0. The summed E-state index contributed by atoms with van der Waals surface area (Å²) < 4.78 is 0. The fourth-order valence-corrected chi connectivity index (χ4v) is 3.92. The first-order valence-electron chi connectivity index (χ1n) is 11.2. The van der Waals surface area contributed by atoms with Gasteiger partial charge in [-0.25, -0.2) is 9.97 Å². The Morgan fingerprint density at radius 3 is 2.66 bits per heavy atom. The molecule has 2 aromatic carbocycles. The number of halogens is 1. The number of nitrogens with zero attached hydrogens (tertiary/aromatic N) is 3. The predicted octanol–water partition coefficient (Wildman–Crippen LogP) is 3.47. The predicted molar refractivity (Wildman–Crippen MR) is 138 cm³/mol. The summed E-state index contributed by atoms with van der Waals surface area (Å²) in [5.74, 6) is 0.144. The zero-order valence-corrected chi connectivity index (χ0v) is 20.2. The molecule has 10 nitrogen and oxygen atoms in total. The van der Waals surface area contributed by atoms with Crippen LogP contribution in [0.3, 0.4) is 0 Å². The number of hydrogen-bond donors (Lipinski definition) is 5. The summed E-state index contributed by atoms with van der Waals surface area (Å²) in [6.07, 6.45) is 2.14. The van der Waals surface area contributed by atoms with E-state index in [1.54, 1.807) is 19.1 Å². The molecule has 0 saturated carbocycles. The molecule has 4 aromatic rings. The molecule has 2 amide bonds. The Bertz CT molecular complexity index is 1330. The molecule has 0 unspecified atom stereocenters. The lowest BCUT2D eigenvalue weighted by Gasteiger charge is -2.29. The monoisotopic (exact) mass is 494 g/mol. The van der Waals surface area contributed by atoms with Gasteiger partial charge in [0.2, 0.25) is 12.4 Å². The van der Waals surface area contributed by atoms with Crippen LogP contribution in [0, 0.1) is 13.8 Å². The number of rotatable bonds is 5. The number of nitrogens with one attached hydrogen (secondary N) is 5. The zero-order valence-electron chi connectivity index (χ0n) is 19.5. The van der Waals surface area contributed by atoms with Crippen LogP contribution in [-0.2, 0) is 4.79 Å². The molecule has 3 heterocycles. The van der Waals surface area contributed by atoms with Gasteiger partial charge in [0.1, 0.15) is 5.69 Å². The second-order valence-corrected chi connectivity index (χ2v) is 8.51. The van der Waals surface area contributed by atoms with Gasteiger partial charge in [0.15, 0.2) is 0 Å². The standard InChI is InChI=1S/C16H19N7O.C8H8ClNO/c1-10-14(19-9-18-10)15(24)22-16-20-12-3-2-11(8-13(12)21-16)23-6-4-17-5-7-23;1-6-2-3-7(9)4-8(6)10-5-11/h2-3,8-9,17H,4-7H2,1H3,(H,18,19)(H2,20,21,22,24);2-5H,1H3,(H,10,11). The molecule has 0 atom stereocenters. The van der Waals surface area contributed by atoms with Crippen LogP contribution >= 0.6 is 11.6 Å². The topological polar surface area (TPSA) is 131 Å². The zero-order chi connectivity index (χ0) is 24.8. The third-order valence-corrected chi connectivity index (χ3v) is 5.87. The van der Waals surface area contributed by atoms with Crippen molar-refractivity contribution in [2.45, 2.75) is 13.8 Å². The quantitative estimate of drug-likeness (QED) is 0.270. The van der Waals surface area contributed by atoms with E-state index < -0.39 is 0 Å². The number of anilines is 3. The van der Waals surface area contributed by atoms with Gasteiger partial charge in [-0.2, -0.15) is 0 Å². The van der Waals surface area contributed by atoms with E-state index in [0.717, 1.165) is 59.8 Å². The van der Waals surface area contributed by atoms with E-state index in [4.69, 9.17) is 11.6 Å². The van der Waals surface area contributed by atoms with Crippen molar-refractivity contribution in [2.75, 3.05) is 41.7 Å². The molecule has 1 aliphatic heterocycles. The molecular weight excluding hydrogens is 468 g/mol. The van der Waals surface area contributed by atoms with E-state index in [2.05, 4.69) is 52.9 Å². The molecule has 0 aliphatic carbocycles. The summed E-state index contributed by atoms with van der Waals surface area (Å²) in [5.41, 5.74) is 5.74. The molecule has 11 heteroatoms. The van der Waals surface area contributed by atoms with Gasteiger partial charge in [-0.05, 0) is 49.7 Å². The lowest BCUT2D eigenvalue weighted by atomic mass is 10.2. The number of carbonyl (C=O) groups is 2. The van der Waals surface area contributed by atoms with Crippen molar-refractivity contribution in [2.24, 2.45) is 0 Å². The molecule has 35 heavy (non-hydrogen) atoms. The van der Waals surface area contributed by atoms with Gasteiger partial charge in [-0.3, -0.25) is 14.9 Å². The van der Waals surface area contributed by atoms with Gasteiger partial charge in [0, 0.05) is 48.3 Å². The van der Waals surface area contributed by atoms with Crippen LogP contribution in [-0.4, -0.2) is 58.4 Å². The molecule has 0 bridgehead atoms. The first-order valence-corrected chi connectivity index (χ1v) is 11.6. The summed E-state index contributed by atoms with van der Waals surface area (Å²) in [4.78, 5) is 39.1. The average Bonchev–Trinajstić information content (AvgIpc) is 3.47. The van der Waals surface area contributed by atoms with Crippen LogP contribution in [0.25, 0.3) is 11.0 Å². The maximum absolute atomic E-state index is 12.2. The minimum atomic E-state index is -0.282. The highest BCUT2D eigenvalue weighted by Gasteiger charge is 2.15. The average molecular weight is 495 g/mol. The van der Waals surface area contributed by atoms with Gasteiger partial charge in [-0.15, -0.1) is 0 Å². The number of aromatic amines is 2. The number of carbonyl (C=O) groups excluding carboxylic acids is 2. The highest BCUT2D eigenvalue weighted by Crippen LogP contribution is 2.23. The molecule has 182 valence electrons. The van der Waals surface area contributed by atoms with Gasteiger partial charge < -0.3 is 25.5 Å². The van der Waals surface area contributed by atoms with Crippen LogP contribution in [0.2, 0.25) is 5.02 Å². The van der Waals surface area contributed by atoms with Crippen molar-refractivity contribution < 1.29 is 9.59 Å². The van der Waals surface area contributed by atoms with Crippen molar-refractivity contribution in [3.05, 3.63) is 64.7 Å². The summed E-state index contributed by atoms with van der Waals surface area (Å²) in [6, 6.07) is 11.5. The van der Waals surface area contributed by atoms with Crippen LogP contribution in [0.5, 0.6) is 0 Å². The third-order valence-electron chi connectivity index (χ3n) is 5.64. The Kier molecular flexibility index (Phi) is 7.64. The Hall–Kier alpha value is -3.89. The Morgan fingerprint density at radius 1 is 1.14 bits per heavy atom. The molecule has 1 aliphatic rings. The summed E-state index contributed by atoms with van der Waals surface area (Å²) in [7, 11) is 0. The molecule has 0 radical (unpaired) electrons. The highest BCUT2D eigenvalue weighted by molar-refractivity contribution is 6.30. The minimum Gasteiger partial charge on any atom is -0.369 e. The molecule has 5 rings (SSSR count). The maximum Gasteiger partial charge on any atom is 0.278 e. The fourth-order valence-electron chi connectivity index (χ4n) is 3.74. The molecular formula is C24H27ClN8O2. The molecule has 0 spiro atoms. The van der Waals surface area contributed by atoms with Gasteiger partial charge in [-0.1, -0.05) is 17.7 Å². The number of benzene rings is 2. The van der Waals surface area contributed by atoms with Crippen molar-refractivity contribution in [1.82, 2.24) is 25.3 Å². The maximum atomic E-state index is 12.2. The molecule has 1 fully saturated rings. The van der Waals surface area contributed by atoms with Crippen molar-refractivity contribution >= 4 is 52.3 Å². The van der Waals surface area contributed by atoms with E-state index in [1.807, 2.05) is 19.1 Å². The first kappa shape index (κ1) is 24.2. The molecule has 2 aromatic heterocycles. The number of piperazine rings is 1. The van der Waals surface area contributed by atoms with E-state index in [-0.39, 0.29) is 5.91 Å². The lowest BCUT2D eigenvalue weighted by molar-refractivity contribution is -0.105. The number of H-pyrrole nitrogens is 2. The number of amides is 2. The highest BCUT2D eigenvalue weighted by atomic mass is 35.5. The number of imidazole rings is 2. The Morgan fingerprint density at radius 2 is 1.94 bits per heavy atom. The van der Waals surface area contributed by atoms with Gasteiger partial charge in [0.25, 0.3) is 5.91 Å². The van der Waals surface area contributed by atoms with E-state index in [0.29, 0.717) is 23.1 Å². The normalized spacial score (nSPS) is 13.2. The van der Waals surface area contributed by atoms with Crippen molar-refractivity contribution in [1.29, 1.82) is 0 Å². The second-order valence-electron chi connectivity index (χ2n) is 8.08. The number of fused-ring (bicyclic) bond motifs is 1. The summed E-state index contributed by atoms with van der Waals surface area (Å²) in [6.45, 7) is 7.67. The van der Waals surface area contributed by atoms with E-state index in [9.17, 15) is 9.59 Å². The Balaban J connectivity index is 0.000000221. The van der Waals surface area contributed by atoms with Gasteiger partial charge >= 0.3 is 0 Å². The van der Waals surface area contributed by atoms with Crippen molar-refractivity contribution in [3.63, 3.8) is 0 Å². The molecule has 1 saturated heterocycles. The van der Waals surface area contributed by atoms with E-state index in [1.165, 1.54) is 6.33 Å². The van der Waals surface area contributed by atoms with Crippen LogP contribution in [0.1, 0.15) is 21.7 Å². The number of aryl methyl sites for hydroxylation is 2. The van der Waals surface area contributed by atoms with Crippen molar-refractivity contribution in [3.8, 4) is 0 Å². The third kappa shape index (κ3) is 5.97. The minimum absolute atomic E-state index is 0.282. The smallest absolute Gasteiger partial charge is 0.278 e. The largest absolute Gasteiger partial charge is 0.369 e. The SMILES string of the molecule is Cc1[nH]cnc1C(=O)Nc1nc2ccc(N3CCNCC3)cc2[nH]1.Cc1ccc(Cl)cc1NC=O. The Labute approximate surface area is 207 Å². The van der Waals surface area contributed by atoms with E-state index >= 15 is 0 Å². The number of hydrogen-bond acceptors (Lipinski definition) is 6. The lowest BCUT2D eigenvalue weighted by Crippen LogP contribution is -2.43. The fraction of sp³-hybridized carbons (Fsp3) is 0.250. The van der Waals surface area contributed by atoms with Crippen LogP contribution < -0.4 is 20.9 Å². The summed E-state index contributed by atoms with van der Waals surface area (Å²) >= 11 is 5.70. The molecule has 5 N–H and O–H groups in total.